The second-order valence-corrected chi connectivity index (χ2v) is 5.56. The van der Waals surface area contributed by atoms with Crippen molar-refractivity contribution >= 4 is 33.4 Å². The molecular weight excluding hydrogens is 326 g/mol. The lowest BCUT2D eigenvalue weighted by molar-refractivity contribution is 0.0951. The molecule has 0 saturated heterocycles. The highest BCUT2D eigenvalue weighted by atomic mass is 79.9. The fraction of sp³-hybridized carbons (Fsp3) is 0.133. The Morgan fingerprint density at radius 2 is 1.89 bits per heavy atom. The maximum absolute atomic E-state index is 12.0. The zero-order chi connectivity index (χ0) is 13.8. The van der Waals surface area contributed by atoms with Gasteiger partial charge in [0.1, 0.15) is 0 Å². The van der Waals surface area contributed by atoms with Gasteiger partial charge in [-0.05, 0) is 46.6 Å². The van der Waals surface area contributed by atoms with Gasteiger partial charge in [0, 0.05) is 16.6 Å². The van der Waals surface area contributed by atoms with E-state index >= 15 is 0 Å². The minimum Gasteiger partial charge on any atom is -0.348 e. The van der Waals surface area contributed by atoms with Gasteiger partial charge in [-0.15, -0.1) is 0 Å². The number of aryl methyl sites for hydroxylation is 1. The molecule has 0 spiro atoms. The topological polar surface area (TPSA) is 29.1 Å². The van der Waals surface area contributed by atoms with E-state index in [0.29, 0.717) is 17.1 Å². The number of nitrogens with one attached hydrogen (secondary N) is 1. The molecule has 2 rings (SSSR count). The quantitative estimate of drug-likeness (QED) is 0.886. The van der Waals surface area contributed by atoms with E-state index in [2.05, 4.69) is 21.2 Å². The van der Waals surface area contributed by atoms with Gasteiger partial charge in [0.25, 0.3) is 5.91 Å². The van der Waals surface area contributed by atoms with Crippen molar-refractivity contribution < 1.29 is 4.79 Å². The van der Waals surface area contributed by atoms with Crippen LogP contribution in [-0.2, 0) is 6.54 Å². The van der Waals surface area contributed by atoms with Crippen LogP contribution in [0.1, 0.15) is 21.5 Å². The lowest BCUT2D eigenvalue weighted by atomic mass is 10.1. The van der Waals surface area contributed by atoms with Crippen molar-refractivity contribution in [2.24, 2.45) is 0 Å². The Bertz CT molecular complexity index is 596. The largest absolute Gasteiger partial charge is 0.348 e. The standard InChI is InChI=1S/C15H13BrClNO/c1-10-2-4-11(5-3-10)9-18-15(19)12-6-7-13(16)14(17)8-12/h2-8H,9H2,1H3,(H,18,19). The van der Waals surface area contributed by atoms with Gasteiger partial charge in [0.2, 0.25) is 0 Å². The molecule has 0 radical (unpaired) electrons. The van der Waals surface area contributed by atoms with Gasteiger partial charge < -0.3 is 5.32 Å². The molecule has 0 heterocycles. The number of carbonyl (C=O) groups is 1. The monoisotopic (exact) mass is 337 g/mol. The Balaban J connectivity index is 2.01. The van der Waals surface area contributed by atoms with Gasteiger partial charge in [0.05, 0.1) is 5.02 Å². The lowest BCUT2D eigenvalue weighted by Crippen LogP contribution is -2.22. The van der Waals surface area contributed by atoms with E-state index < -0.39 is 0 Å². The molecule has 1 N–H and O–H groups in total. The van der Waals surface area contributed by atoms with E-state index in [0.717, 1.165) is 10.0 Å². The number of carbonyl (C=O) groups excluding carboxylic acids is 1. The smallest absolute Gasteiger partial charge is 0.251 e. The predicted molar refractivity (Wildman–Crippen MR) is 81.5 cm³/mol. The van der Waals surface area contributed by atoms with Crippen LogP contribution in [-0.4, -0.2) is 5.91 Å². The third kappa shape index (κ3) is 3.82. The Kier molecular flexibility index (Phi) is 4.61. The van der Waals surface area contributed by atoms with E-state index in [1.54, 1.807) is 18.2 Å². The number of amides is 1. The summed E-state index contributed by atoms with van der Waals surface area (Å²) in [7, 11) is 0. The average molecular weight is 339 g/mol. The van der Waals surface area contributed by atoms with Crippen molar-refractivity contribution in [2.75, 3.05) is 0 Å². The van der Waals surface area contributed by atoms with Crippen molar-refractivity contribution in [3.05, 3.63) is 68.7 Å². The Labute approximate surface area is 125 Å². The molecule has 0 bridgehead atoms. The molecule has 0 aromatic heterocycles. The number of halogens is 2. The molecular formula is C15H13BrClNO. The SMILES string of the molecule is Cc1ccc(CNC(=O)c2ccc(Br)c(Cl)c2)cc1. The second kappa shape index (κ2) is 6.22. The first kappa shape index (κ1) is 14.1. The van der Waals surface area contributed by atoms with Crippen LogP contribution in [0, 0.1) is 6.92 Å². The van der Waals surface area contributed by atoms with Crippen molar-refractivity contribution in [1.29, 1.82) is 0 Å². The molecule has 0 aliphatic carbocycles. The van der Waals surface area contributed by atoms with Crippen molar-refractivity contribution in [3.63, 3.8) is 0 Å². The molecule has 0 fully saturated rings. The van der Waals surface area contributed by atoms with E-state index in [1.807, 2.05) is 31.2 Å². The molecule has 2 nitrogen and oxygen atoms in total. The summed E-state index contributed by atoms with van der Waals surface area (Å²) in [5.41, 5.74) is 2.83. The summed E-state index contributed by atoms with van der Waals surface area (Å²) in [4.78, 5) is 12.0. The zero-order valence-electron chi connectivity index (χ0n) is 10.4. The van der Waals surface area contributed by atoms with Crippen LogP contribution in [0.15, 0.2) is 46.9 Å². The molecule has 4 heteroatoms. The summed E-state index contributed by atoms with van der Waals surface area (Å²) in [6, 6.07) is 13.2. The molecule has 2 aromatic rings. The highest BCUT2D eigenvalue weighted by Crippen LogP contribution is 2.23. The fourth-order valence-corrected chi connectivity index (χ4v) is 2.05. The Hall–Kier alpha value is -1.32. The van der Waals surface area contributed by atoms with E-state index in [9.17, 15) is 4.79 Å². The predicted octanol–water partition coefficient (Wildman–Crippen LogP) is 4.34. The van der Waals surface area contributed by atoms with Crippen LogP contribution < -0.4 is 5.32 Å². The van der Waals surface area contributed by atoms with Crippen LogP contribution in [0.4, 0.5) is 0 Å². The van der Waals surface area contributed by atoms with Crippen molar-refractivity contribution in [1.82, 2.24) is 5.32 Å². The molecule has 19 heavy (non-hydrogen) atoms. The maximum atomic E-state index is 12.0. The first-order valence-corrected chi connectivity index (χ1v) is 7.02. The van der Waals surface area contributed by atoms with E-state index in [4.69, 9.17) is 11.6 Å². The van der Waals surface area contributed by atoms with Crippen LogP contribution in [0.5, 0.6) is 0 Å². The minimum absolute atomic E-state index is 0.130. The highest BCUT2D eigenvalue weighted by molar-refractivity contribution is 9.10. The molecule has 2 aromatic carbocycles. The minimum atomic E-state index is -0.130. The van der Waals surface area contributed by atoms with Crippen molar-refractivity contribution in [2.45, 2.75) is 13.5 Å². The van der Waals surface area contributed by atoms with Crippen LogP contribution in [0.3, 0.4) is 0 Å². The van der Waals surface area contributed by atoms with Crippen LogP contribution in [0.2, 0.25) is 5.02 Å². The molecule has 1 amide bonds. The van der Waals surface area contributed by atoms with Gasteiger partial charge >= 0.3 is 0 Å². The zero-order valence-corrected chi connectivity index (χ0v) is 12.8. The van der Waals surface area contributed by atoms with Crippen molar-refractivity contribution in [3.8, 4) is 0 Å². The summed E-state index contributed by atoms with van der Waals surface area (Å²) in [6.07, 6.45) is 0. The third-order valence-corrected chi connectivity index (χ3v) is 3.99. The van der Waals surface area contributed by atoms with Crippen LogP contribution in [0.25, 0.3) is 0 Å². The van der Waals surface area contributed by atoms with E-state index in [-0.39, 0.29) is 5.91 Å². The lowest BCUT2D eigenvalue weighted by Gasteiger charge is -2.06. The number of hydrogen-bond acceptors (Lipinski definition) is 1. The molecule has 98 valence electrons. The van der Waals surface area contributed by atoms with E-state index in [1.165, 1.54) is 5.56 Å². The summed E-state index contributed by atoms with van der Waals surface area (Å²) >= 11 is 9.26. The second-order valence-electron chi connectivity index (χ2n) is 4.30. The van der Waals surface area contributed by atoms with Gasteiger partial charge in [-0.1, -0.05) is 41.4 Å². The van der Waals surface area contributed by atoms with Gasteiger partial charge in [-0.25, -0.2) is 0 Å². The first-order valence-electron chi connectivity index (χ1n) is 5.85. The molecule has 0 aliphatic heterocycles. The van der Waals surface area contributed by atoms with Crippen LogP contribution >= 0.6 is 27.5 Å². The fourth-order valence-electron chi connectivity index (χ4n) is 1.63. The summed E-state index contributed by atoms with van der Waals surface area (Å²) in [6.45, 7) is 2.54. The van der Waals surface area contributed by atoms with Gasteiger partial charge in [-0.3, -0.25) is 4.79 Å². The molecule has 0 unspecified atom stereocenters. The molecule has 0 saturated carbocycles. The summed E-state index contributed by atoms with van der Waals surface area (Å²) in [5, 5.41) is 3.40. The normalized spacial score (nSPS) is 10.3. The Morgan fingerprint density at radius 3 is 2.53 bits per heavy atom. The highest BCUT2D eigenvalue weighted by Gasteiger charge is 2.07. The number of benzene rings is 2. The van der Waals surface area contributed by atoms with Gasteiger partial charge in [-0.2, -0.15) is 0 Å². The number of rotatable bonds is 3. The molecule has 0 aliphatic rings. The first-order chi connectivity index (χ1) is 9.06. The average Bonchev–Trinajstić information content (AvgIpc) is 2.41. The third-order valence-electron chi connectivity index (χ3n) is 2.76. The van der Waals surface area contributed by atoms with Gasteiger partial charge in [0.15, 0.2) is 0 Å². The summed E-state index contributed by atoms with van der Waals surface area (Å²) < 4.78 is 0.782. The maximum Gasteiger partial charge on any atom is 0.251 e. The Morgan fingerprint density at radius 1 is 1.21 bits per heavy atom. The molecule has 0 atom stereocenters. The summed E-state index contributed by atoms with van der Waals surface area (Å²) in [5.74, 6) is -0.130. The number of hydrogen-bond donors (Lipinski definition) is 1.